The molecule has 4 nitrogen and oxygen atoms in total. The van der Waals surface area contributed by atoms with Crippen LogP contribution in [0.5, 0.6) is 0 Å². The third-order valence-corrected chi connectivity index (χ3v) is 3.48. The minimum Gasteiger partial charge on any atom is -0.465 e. The van der Waals surface area contributed by atoms with E-state index in [0.29, 0.717) is 6.61 Å². The molecule has 0 aromatic rings. The van der Waals surface area contributed by atoms with Gasteiger partial charge in [-0.25, -0.2) is 0 Å². The predicted octanol–water partition coefficient (Wildman–Crippen LogP) is 1.56. The average molecular weight is 243 g/mol. The van der Waals surface area contributed by atoms with Gasteiger partial charge in [-0.1, -0.05) is 19.8 Å². The molecule has 0 radical (unpaired) electrons. The Balaban J connectivity index is 2.71. The number of esters is 1. The Hall–Kier alpha value is -0.610. The lowest BCUT2D eigenvalue weighted by atomic mass is 10.1. The van der Waals surface area contributed by atoms with E-state index in [4.69, 9.17) is 4.74 Å². The van der Waals surface area contributed by atoms with E-state index in [-0.39, 0.29) is 24.7 Å². The van der Waals surface area contributed by atoms with E-state index >= 15 is 0 Å². The molecule has 17 heavy (non-hydrogen) atoms. The number of aliphatic hydroxyl groups is 1. The van der Waals surface area contributed by atoms with Crippen LogP contribution in [0.2, 0.25) is 0 Å². The van der Waals surface area contributed by atoms with Gasteiger partial charge in [0, 0.05) is 6.04 Å². The van der Waals surface area contributed by atoms with Crippen molar-refractivity contribution in [2.45, 2.75) is 58.0 Å². The molecule has 2 unspecified atom stereocenters. The molecule has 1 rings (SSSR count). The van der Waals surface area contributed by atoms with Crippen LogP contribution in [-0.4, -0.2) is 47.8 Å². The summed E-state index contributed by atoms with van der Waals surface area (Å²) in [6.07, 6.45) is 5.15. The fourth-order valence-corrected chi connectivity index (χ4v) is 2.58. The molecule has 1 fully saturated rings. The number of nitrogens with zero attached hydrogens (tertiary/aromatic N) is 1. The predicted molar refractivity (Wildman–Crippen MR) is 66.8 cm³/mol. The fourth-order valence-electron chi connectivity index (χ4n) is 2.58. The summed E-state index contributed by atoms with van der Waals surface area (Å²) in [5, 5.41) is 9.45. The summed E-state index contributed by atoms with van der Waals surface area (Å²) in [5.74, 6) is -0.143. The van der Waals surface area contributed by atoms with Crippen LogP contribution in [-0.2, 0) is 9.53 Å². The van der Waals surface area contributed by atoms with Crippen LogP contribution in [0.15, 0.2) is 0 Å². The number of rotatable bonds is 5. The molecular formula is C13H25NO3. The molecule has 0 saturated carbocycles. The highest BCUT2D eigenvalue weighted by molar-refractivity contribution is 5.75. The van der Waals surface area contributed by atoms with Crippen LogP contribution in [0.25, 0.3) is 0 Å². The lowest BCUT2D eigenvalue weighted by molar-refractivity contribution is -0.151. The summed E-state index contributed by atoms with van der Waals surface area (Å²) in [6, 6.07) is -0.0722. The van der Waals surface area contributed by atoms with E-state index < -0.39 is 0 Å². The van der Waals surface area contributed by atoms with Gasteiger partial charge in [0.2, 0.25) is 0 Å². The quantitative estimate of drug-likeness (QED) is 0.745. The van der Waals surface area contributed by atoms with Crippen LogP contribution >= 0.6 is 0 Å². The standard InChI is InChI=1S/C13H25NO3/c1-3-12(13(16)17-4-2)14-9-7-5-6-8-11(14)10-15/h11-12,15H,3-10H2,1-2H3. The molecule has 0 aliphatic carbocycles. The normalized spacial score (nSPS) is 24.1. The Morgan fingerprint density at radius 1 is 1.41 bits per heavy atom. The molecule has 100 valence electrons. The number of carbonyl (C=O) groups is 1. The second-order valence-corrected chi connectivity index (χ2v) is 4.60. The highest BCUT2D eigenvalue weighted by Crippen LogP contribution is 2.21. The average Bonchev–Trinajstić information content (AvgIpc) is 2.56. The number of likely N-dealkylation sites (tertiary alicyclic amines) is 1. The third kappa shape index (κ3) is 3.96. The molecule has 0 aromatic heterocycles. The van der Waals surface area contributed by atoms with Gasteiger partial charge in [-0.3, -0.25) is 9.69 Å². The first-order valence-corrected chi connectivity index (χ1v) is 6.77. The second-order valence-electron chi connectivity index (χ2n) is 4.60. The highest BCUT2D eigenvalue weighted by atomic mass is 16.5. The molecule has 1 heterocycles. The first-order valence-electron chi connectivity index (χ1n) is 6.77. The summed E-state index contributed by atoms with van der Waals surface area (Å²) in [5.41, 5.74) is 0. The summed E-state index contributed by atoms with van der Waals surface area (Å²) in [7, 11) is 0. The number of hydrogen-bond acceptors (Lipinski definition) is 4. The summed E-state index contributed by atoms with van der Waals surface area (Å²) < 4.78 is 5.12. The molecule has 1 saturated heterocycles. The molecule has 2 atom stereocenters. The maximum absolute atomic E-state index is 11.9. The molecular weight excluding hydrogens is 218 g/mol. The first kappa shape index (κ1) is 14.5. The van der Waals surface area contributed by atoms with Crippen molar-refractivity contribution in [2.75, 3.05) is 19.8 Å². The van der Waals surface area contributed by atoms with Crippen LogP contribution in [0, 0.1) is 0 Å². The maximum Gasteiger partial charge on any atom is 0.323 e. The highest BCUT2D eigenvalue weighted by Gasteiger charge is 2.31. The molecule has 0 spiro atoms. The lowest BCUT2D eigenvalue weighted by Crippen LogP contribution is -2.49. The zero-order chi connectivity index (χ0) is 12.7. The zero-order valence-electron chi connectivity index (χ0n) is 11.0. The van der Waals surface area contributed by atoms with Crippen molar-refractivity contribution in [2.24, 2.45) is 0 Å². The van der Waals surface area contributed by atoms with Crippen molar-refractivity contribution in [3.05, 3.63) is 0 Å². The molecule has 0 bridgehead atoms. The Morgan fingerprint density at radius 3 is 2.76 bits per heavy atom. The summed E-state index contributed by atoms with van der Waals surface area (Å²) in [4.78, 5) is 14.0. The smallest absolute Gasteiger partial charge is 0.323 e. The van der Waals surface area contributed by atoms with Crippen molar-refractivity contribution in [1.82, 2.24) is 4.90 Å². The van der Waals surface area contributed by atoms with Gasteiger partial charge in [0.15, 0.2) is 0 Å². The van der Waals surface area contributed by atoms with Gasteiger partial charge in [-0.05, 0) is 32.7 Å². The van der Waals surface area contributed by atoms with Gasteiger partial charge >= 0.3 is 5.97 Å². The number of aliphatic hydroxyl groups excluding tert-OH is 1. The summed E-state index contributed by atoms with van der Waals surface area (Å²) in [6.45, 7) is 5.28. The molecule has 4 heteroatoms. The van der Waals surface area contributed by atoms with Gasteiger partial charge in [-0.2, -0.15) is 0 Å². The first-order chi connectivity index (χ1) is 8.24. The Labute approximate surface area is 104 Å². The third-order valence-electron chi connectivity index (χ3n) is 3.48. The SMILES string of the molecule is CCOC(=O)C(CC)N1CCCCCC1CO. The molecule has 1 aliphatic rings. The Morgan fingerprint density at radius 2 is 2.18 bits per heavy atom. The van der Waals surface area contributed by atoms with E-state index in [0.717, 1.165) is 32.2 Å². The van der Waals surface area contributed by atoms with E-state index in [1.807, 2.05) is 13.8 Å². The number of carbonyl (C=O) groups excluding carboxylic acids is 1. The van der Waals surface area contributed by atoms with Crippen LogP contribution in [0.3, 0.4) is 0 Å². The molecule has 1 aliphatic heterocycles. The van der Waals surface area contributed by atoms with Gasteiger partial charge in [-0.15, -0.1) is 0 Å². The maximum atomic E-state index is 11.9. The van der Waals surface area contributed by atoms with E-state index in [1.54, 1.807) is 0 Å². The van der Waals surface area contributed by atoms with E-state index in [9.17, 15) is 9.90 Å². The van der Waals surface area contributed by atoms with Gasteiger partial charge in [0.1, 0.15) is 6.04 Å². The molecule has 0 aromatic carbocycles. The van der Waals surface area contributed by atoms with Gasteiger partial charge < -0.3 is 9.84 Å². The number of hydrogen-bond donors (Lipinski definition) is 1. The van der Waals surface area contributed by atoms with Crippen molar-refractivity contribution in [1.29, 1.82) is 0 Å². The topological polar surface area (TPSA) is 49.8 Å². The van der Waals surface area contributed by atoms with Crippen LogP contribution < -0.4 is 0 Å². The van der Waals surface area contributed by atoms with Crippen molar-refractivity contribution < 1.29 is 14.6 Å². The van der Waals surface area contributed by atoms with Crippen molar-refractivity contribution in [3.63, 3.8) is 0 Å². The monoisotopic (exact) mass is 243 g/mol. The number of ether oxygens (including phenoxy) is 1. The summed E-state index contributed by atoms with van der Waals surface area (Å²) >= 11 is 0. The largest absolute Gasteiger partial charge is 0.465 e. The van der Waals surface area contributed by atoms with Crippen LogP contribution in [0.4, 0.5) is 0 Å². The second kappa shape index (κ2) is 7.67. The minimum absolute atomic E-state index is 0.117. The Bertz CT molecular complexity index is 233. The fraction of sp³-hybridized carbons (Fsp3) is 0.923. The minimum atomic E-state index is -0.190. The van der Waals surface area contributed by atoms with Crippen molar-refractivity contribution in [3.8, 4) is 0 Å². The Kier molecular flexibility index (Phi) is 6.52. The lowest BCUT2D eigenvalue weighted by Gasteiger charge is -2.34. The van der Waals surface area contributed by atoms with E-state index in [2.05, 4.69) is 4.90 Å². The van der Waals surface area contributed by atoms with E-state index in [1.165, 1.54) is 6.42 Å². The van der Waals surface area contributed by atoms with Crippen molar-refractivity contribution >= 4 is 5.97 Å². The zero-order valence-corrected chi connectivity index (χ0v) is 11.0. The van der Waals surface area contributed by atoms with Gasteiger partial charge in [0.05, 0.1) is 13.2 Å². The van der Waals surface area contributed by atoms with Crippen LogP contribution in [0.1, 0.15) is 46.0 Å². The van der Waals surface area contributed by atoms with Gasteiger partial charge in [0.25, 0.3) is 0 Å². The molecule has 0 amide bonds. The molecule has 1 N–H and O–H groups in total.